The first-order chi connectivity index (χ1) is 7.76. The van der Waals surface area contributed by atoms with Gasteiger partial charge in [0.05, 0.1) is 0 Å². The SMILES string of the molecule is CCC(CC)Cc1c[nH]c2cccc(F)c12. The van der Waals surface area contributed by atoms with E-state index in [1.807, 2.05) is 12.3 Å². The summed E-state index contributed by atoms with van der Waals surface area (Å²) in [6.45, 7) is 4.39. The van der Waals surface area contributed by atoms with Crippen LogP contribution in [-0.4, -0.2) is 4.98 Å². The van der Waals surface area contributed by atoms with Crippen LogP contribution in [0.25, 0.3) is 10.9 Å². The lowest BCUT2D eigenvalue weighted by atomic mass is 9.94. The molecule has 2 aromatic rings. The van der Waals surface area contributed by atoms with Crippen molar-refractivity contribution in [1.29, 1.82) is 0 Å². The van der Waals surface area contributed by atoms with Crippen molar-refractivity contribution in [1.82, 2.24) is 4.98 Å². The second-order valence-corrected chi connectivity index (χ2v) is 4.36. The molecule has 2 heteroatoms. The van der Waals surface area contributed by atoms with Crippen LogP contribution < -0.4 is 0 Å². The number of H-pyrrole nitrogens is 1. The first-order valence-electron chi connectivity index (χ1n) is 6.00. The molecule has 0 fully saturated rings. The Morgan fingerprint density at radius 1 is 1.25 bits per heavy atom. The average Bonchev–Trinajstić information content (AvgIpc) is 2.70. The molecule has 0 amide bonds. The topological polar surface area (TPSA) is 15.8 Å². The summed E-state index contributed by atoms with van der Waals surface area (Å²) >= 11 is 0. The zero-order valence-electron chi connectivity index (χ0n) is 9.89. The largest absolute Gasteiger partial charge is 0.361 e. The molecule has 0 radical (unpaired) electrons. The molecule has 0 unspecified atom stereocenters. The van der Waals surface area contributed by atoms with Gasteiger partial charge in [0.2, 0.25) is 0 Å². The van der Waals surface area contributed by atoms with Gasteiger partial charge in [0.1, 0.15) is 5.82 Å². The Balaban J connectivity index is 2.37. The molecular formula is C14H18FN. The van der Waals surface area contributed by atoms with Gasteiger partial charge in [-0.1, -0.05) is 32.8 Å². The molecule has 1 N–H and O–H groups in total. The van der Waals surface area contributed by atoms with Gasteiger partial charge in [0.25, 0.3) is 0 Å². The number of hydrogen-bond donors (Lipinski definition) is 1. The fourth-order valence-electron chi connectivity index (χ4n) is 2.26. The molecule has 2 rings (SSSR count). The molecular weight excluding hydrogens is 201 g/mol. The predicted octanol–water partition coefficient (Wildman–Crippen LogP) is 4.29. The van der Waals surface area contributed by atoms with Crippen LogP contribution in [0.4, 0.5) is 4.39 Å². The van der Waals surface area contributed by atoms with E-state index in [1.54, 1.807) is 6.07 Å². The summed E-state index contributed by atoms with van der Waals surface area (Å²) in [6, 6.07) is 5.20. The van der Waals surface area contributed by atoms with Gasteiger partial charge in [-0.25, -0.2) is 4.39 Å². The molecule has 1 heterocycles. The zero-order chi connectivity index (χ0) is 11.5. The molecule has 0 saturated carbocycles. The van der Waals surface area contributed by atoms with Crippen molar-refractivity contribution in [2.75, 3.05) is 0 Å². The third-order valence-corrected chi connectivity index (χ3v) is 3.40. The molecule has 1 aromatic carbocycles. The summed E-state index contributed by atoms with van der Waals surface area (Å²) in [5.74, 6) is 0.540. The Hall–Kier alpha value is -1.31. The maximum atomic E-state index is 13.7. The second-order valence-electron chi connectivity index (χ2n) is 4.36. The minimum absolute atomic E-state index is 0.111. The maximum Gasteiger partial charge on any atom is 0.132 e. The Labute approximate surface area is 95.7 Å². The first kappa shape index (κ1) is 11.2. The summed E-state index contributed by atoms with van der Waals surface area (Å²) in [7, 11) is 0. The van der Waals surface area contributed by atoms with Crippen LogP contribution in [0.1, 0.15) is 32.3 Å². The molecule has 0 aliphatic rings. The van der Waals surface area contributed by atoms with Crippen LogP contribution >= 0.6 is 0 Å². The molecule has 0 bridgehead atoms. The lowest BCUT2D eigenvalue weighted by Crippen LogP contribution is -2.01. The van der Waals surface area contributed by atoms with Crippen LogP contribution in [0.15, 0.2) is 24.4 Å². The number of hydrogen-bond acceptors (Lipinski definition) is 0. The zero-order valence-corrected chi connectivity index (χ0v) is 9.89. The molecule has 0 atom stereocenters. The van der Waals surface area contributed by atoms with Crippen LogP contribution in [0.2, 0.25) is 0 Å². The average molecular weight is 219 g/mol. The number of aromatic amines is 1. The van der Waals surface area contributed by atoms with E-state index in [4.69, 9.17) is 0 Å². The minimum atomic E-state index is -0.111. The summed E-state index contributed by atoms with van der Waals surface area (Å²) in [6.07, 6.45) is 5.22. The Morgan fingerprint density at radius 3 is 2.69 bits per heavy atom. The highest BCUT2D eigenvalue weighted by Gasteiger charge is 2.12. The van der Waals surface area contributed by atoms with Crippen molar-refractivity contribution in [3.05, 3.63) is 35.8 Å². The highest BCUT2D eigenvalue weighted by atomic mass is 19.1. The van der Waals surface area contributed by atoms with E-state index in [9.17, 15) is 4.39 Å². The molecule has 1 nitrogen and oxygen atoms in total. The lowest BCUT2D eigenvalue weighted by molar-refractivity contribution is 0.491. The normalized spacial score (nSPS) is 11.5. The third kappa shape index (κ3) is 1.97. The van der Waals surface area contributed by atoms with Gasteiger partial charge in [0, 0.05) is 17.1 Å². The van der Waals surface area contributed by atoms with Gasteiger partial charge in [-0.2, -0.15) is 0 Å². The standard InChI is InChI=1S/C14H18FN/c1-3-10(4-2)8-11-9-16-13-7-5-6-12(15)14(11)13/h5-7,9-10,16H,3-4,8H2,1-2H3. The monoisotopic (exact) mass is 219 g/mol. The van der Waals surface area contributed by atoms with Crippen molar-refractivity contribution >= 4 is 10.9 Å². The van der Waals surface area contributed by atoms with Gasteiger partial charge in [-0.05, 0) is 30.0 Å². The molecule has 0 saturated heterocycles. The fraction of sp³-hybridized carbons (Fsp3) is 0.429. The van der Waals surface area contributed by atoms with E-state index < -0.39 is 0 Å². The van der Waals surface area contributed by atoms with Crippen molar-refractivity contribution in [3.8, 4) is 0 Å². The van der Waals surface area contributed by atoms with E-state index in [0.717, 1.165) is 35.7 Å². The summed E-state index contributed by atoms with van der Waals surface area (Å²) in [5, 5.41) is 0.773. The number of nitrogens with one attached hydrogen (secondary N) is 1. The smallest absolute Gasteiger partial charge is 0.132 e. The quantitative estimate of drug-likeness (QED) is 0.789. The van der Waals surface area contributed by atoms with Crippen molar-refractivity contribution in [2.45, 2.75) is 33.1 Å². The Kier molecular flexibility index (Phi) is 3.28. The number of rotatable bonds is 4. The molecule has 1 aromatic heterocycles. The van der Waals surface area contributed by atoms with Crippen LogP contribution in [0, 0.1) is 11.7 Å². The van der Waals surface area contributed by atoms with Gasteiger partial charge in [0.15, 0.2) is 0 Å². The number of fused-ring (bicyclic) bond motifs is 1. The van der Waals surface area contributed by atoms with E-state index >= 15 is 0 Å². The van der Waals surface area contributed by atoms with Crippen LogP contribution in [0.3, 0.4) is 0 Å². The van der Waals surface area contributed by atoms with Crippen molar-refractivity contribution < 1.29 is 4.39 Å². The highest BCUT2D eigenvalue weighted by Crippen LogP contribution is 2.25. The Bertz CT molecular complexity index is 469. The maximum absolute atomic E-state index is 13.7. The van der Waals surface area contributed by atoms with Gasteiger partial charge >= 0.3 is 0 Å². The predicted molar refractivity (Wildman–Crippen MR) is 66.0 cm³/mol. The number of benzene rings is 1. The van der Waals surface area contributed by atoms with E-state index in [1.165, 1.54) is 6.07 Å². The minimum Gasteiger partial charge on any atom is -0.361 e. The summed E-state index contributed by atoms with van der Waals surface area (Å²) < 4.78 is 13.7. The molecule has 0 aliphatic carbocycles. The summed E-state index contributed by atoms with van der Waals surface area (Å²) in [5.41, 5.74) is 2.02. The third-order valence-electron chi connectivity index (χ3n) is 3.40. The van der Waals surface area contributed by atoms with Gasteiger partial charge in [-0.15, -0.1) is 0 Å². The molecule has 0 spiro atoms. The van der Waals surface area contributed by atoms with Crippen molar-refractivity contribution in [3.63, 3.8) is 0 Å². The fourth-order valence-corrected chi connectivity index (χ4v) is 2.26. The van der Waals surface area contributed by atoms with E-state index in [0.29, 0.717) is 5.92 Å². The molecule has 86 valence electrons. The Morgan fingerprint density at radius 2 is 2.00 bits per heavy atom. The van der Waals surface area contributed by atoms with Gasteiger partial charge < -0.3 is 4.98 Å². The highest BCUT2D eigenvalue weighted by molar-refractivity contribution is 5.83. The lowest BCUT2D eigenvalue weighted by Gasteiger charge is -2.11. The first-order valence-corrected chi connectivity index (χ1v) is 6.00. The number of aromatic nitrogens is 1. The number of halogens is 1. The van der Waals surface area contributed by atoms with Crippen molar-refractivity contribution in [2.24, 2.45) is 5.92 Å². The second kappa shape index (κ2) is 4.69. The molecule has 16 heavy (non-hydrogen) atoms. The van der Waals surface area contributed by atoms with Gasteiger partial charge in [-0.3, -0.25) is 0 Å². The van der Waals surface area contributed by atoms with E-state index in [-0.39, 0.29) is 5.82 Å². The summed E-state index contributed by atoms with van der Waals surface area (Å²) in [4.78, 5) is 3.14. The van der Waals surface area contributed by atoms with E-state index in [2.05, 4.69) is 18.8 Å². The molecule has 0 aliphatic heterocycles. The van der Waals surface area contributed by atoms with Crippen LogP contribution in [0.5, 0.6) is 0 Å². The van der Waals surface area contributed by atoms with Crippen LogP contribution in [-0.2, 0) is 6.42 Å².